The molecule has 1 heterocycles. The summed E-state index contributed by atoms with van der Waals surface area (Å²) in [5, 5.41) is 8.52. The van der Waals surface area contributed by atoms with Crippen LogP contribution in [0.15, 0.2) is 36.4 Å². The summed E-state index contributed by atoms with van der Waals surface area (Å²) in [6.07, 6.45) is 3.88. The smallest absolute Gasteiger partial charge is 0.328 e. The number of aryl methyl sites for hydroxylation is 1. The third-order valence-electron chi connectivity index (χ3n) is 3.03. The Morgan fingerprint density at radius 1 is 1.17 bits per heavy atom. The molecule has 0 aromatic heterocycles. The number of rotatable bonds is 2. The van der Waals surface area contributed by atoms with E-state index in [4.69, 9.17) is 5.11 Å². The summed E-state index contributed by atoms with van der Waals surface area (Å²) in [6.45, 7) is 1.22. The fourth-order valence-corrected chi connectivity index (χ4v) is 2.14. The fraction of sp³-hybridized carbons (Fsp3) is 0.286. The number of hydrogen-bond acceptors (Lipinski definition) is 2. The van der Waals surface area contributed by atoms with Gasteiger partial charge in [0, 0.05) is 25.2 Å². The minimum absolute atomic E-state index is 0.242. The van der Waals surface area contributed by atoms with Crippen LogP contribution in [0.5, 0.6) is 0 Å². The Balaban J connectivity index is 2.12. The van der Waals surface area contributed by atoms with Gasteiger partial charge in [-0.3, -0.25) is 4.79 Å². The molecule has 1 N–H and O–H groups in total. The second kappa shape index (κ2) is 5.49. The van der Waals surface area contributed by atoms with Gasteiger partial charge in [-0.2, -0.15) is 0 Å². The van der Waals surface area contributed by atoms with Crippen molar-refractivity contribution in [3.05, 3.63) is 47.5 Å². The Morgan fingerprint density at radius 2 is 1.89 bits per heavy atom. The Morgan fingerprint density at radius 3 is 2.61 bits per heavy atom. The number of hydrogen-bond donors (Lipinski definition) is 1. The van der Waals surface area contributed by atoms with Gasteiger partial charge in [-0.05, 0) is 24.0 Å². The zero-order valence-electron chi connectivity index (χ0n) is 10.0. The first-order valence-corrected chi connectivity index (χ1v) is 5.93. The van der Waals surface area contributed by atoms with Crippen molar-refractivity contribution in [1.29, 1.82) is 0 Å². The van der Waals surface area contributed by atoms with Crippen molar-refractivity contribution in [1.82, 2.24) is 4.90 Å². The van der Waals surface area contributed by atoms with Crippen molar-refractivity contribution in [3.63, 3.8) is 0 Å². The van der Waals surface area contributed by atoms with Crippen molar-refractivity contribution in [2.75, 3.05) is 6.54 Å². The molecule has 2 rings (SSSR count). The Bertz CT molecular complexity index is 494. The topological polar surface area (TPSA) is 57.6 Å². The zero-order chi connectivity index (χ0) is 13.0. The summed E-state index contributed by atoms with van der Waals surface area (Å²) >= 11 is 0. The number of amides is 1. The third kappa shape index (κ3) is 2.97. The highest BCUT2D eigenvalue weighted by Crippen LogP contribution is 2.18. The highest BCUT2D eigenvalue weighted by molar-refractivity contribution is 5.93. The van der Waals surface area contributed by atoms with Crippen LogP contribution in [0.4, 0.5) is 0 Å². The lowest BCUT2D eigenvalue weighted by atomic mass is 10.0. The number of carboxylic acids is 1. The van der Waals surface area contributed by atoms with Crippen LogP contribution in [0.3, 0.4) is 0 Å². The lowest BCUT2D eigenvalue weighted by Gasteiger charge is -2.18. The quantitative estimate of drug-likeness (QED) is 0.805. The molecule has 4 nitrogen and oxygen atoms in total. The van der Waals surface area contributed by atoms with Gasteiger partial charge in [0.05, 0.1) is 0 Å². The molecule has 0 atom stereocenters. The van der Waals surface area contributed by atoms with Gasteiger partial charge in [-0.25, -0.2) is 4.79 Å². The minimum atomic E-state index is -1.10. The minimum Gasteiger partial charge on any atom is -0.478 e. The zero-order valence-corrected chi connectivity index (χ0v) is 10.0. The molecular weight excluding hydrogens is 230 g/mol. The van der Waals surface area contributed by atoms with Gasteiger partial charge in [0.1, 0.15) is 0 Å². The summed E-state index contributed by atoms with van der Waals surface area (Å²) in [5.74, 6) is -1.34. The van der Waals surface area contributed by atoms with Gasteiger partial charge in [0.25, 0.3) is 0 Å². The van der Waals surface area contributed by atoms with Crippen LogP contribution >= 0.6 is 0 Å². The van der Waals surface area contributed by atoms with Crippen molar-refractivity contribution < 1.29 is 14.7 Å². The SMILES string of the molecule is O=C(O)C=CC(=O)N1CCCc2ccccc2C1. The van der Waals surface area contributed by atoms with E-state index in [1.165, 1.54) is 5.56 Å². The molecule has 94 valence electrons. The normalized spacial score (nSPS) is 15.2. The number of fused-ring (bicyclic) bond motifs is 1. The van der Waals surface area contributed by atoms with E-state index in [0.717, 1.165) is 30.6 Å². The van der Waals surface area contributed by atoms with E-state index in [1.54, 1.807) is 4.90 Å². The summed E-state index contributed by atoms with van der Waals surface area (Å²) < 4.78 is 0. The number of carbonyl (C=O) groups is 2. The second-order valence-corrected chi connectivity index (χ2v) is 4.30. The van der Waals surface area contributed by atoms with Gasteiger partial charge in [0.2, 0.25) is 5.91 Å². The van der Waals surface area contributed by atoms with Crippen LogP contribution in [0.25, 0.3) is 0 Å². The standard InChI is InChI=1S/C14H15NO3/c16-13(7-8-14(17)18)15-9-3-6-11-4-1-2-5-12(11)10-15/h1-2,4-5,7-8H,3,6,9-10H2,(H,17,18). The first-order valence-electron chi connectivity index (χ1n) is 5.93. The highest BCUT2D eigenvalue weighted by Gasteiger charge is 2.16. The number of benzene rings is 1. The maximum atomic E-state index is 11.8. The number of carbonyl (C=O) groups excluding carboxylic acids is 1. The van der Waals surface area contributed by atoms with E-state index in [2.05, 4.69) is 6.07 Å². The summed E-state index contributed by atoms with van der Waals surface area (Å²) in [5.41, 5.74) is 2.42. The maximum Gasteiger partial charge on any atom is 0.328 e. The molecule has 0 saturated heterocycles. The van der Waals surface area contributed by atoms with Gasteiger partial charge in [0.15, 0.2) is 0 Å². The van der Waals surface area contributed by atoms with Gasteiger partial charge < -0.3 is 10.0 Å². The van der Waals surface area contributed by atoms with Crippen LogP contribution in [0.2, 0.25) is 0 Å². The summed E-state index contributed by atoms with van der Waals surface area (Å²) in [7, 11) is 0. The molecule has 0 spiro atoms. The molecule has 0 unspecified atom stereocenters. The molecule has 18 heavy (non-hydrogen) atoms. The first-order chi connectivity index (χ1) is 8.66. The molecule has 1 aliphatic heterocycles. The molecule has 1 amide bonds. The molecule has 1 aromatic rings. The molecule has 0 bridgehead atoms. The van der Waals surface area contributed by atoms with Gasteiger partial charge >= 0.3 is 5.97 Å². The van der Waals surface area contributed by atoms with E-state index in [9.17, 15) is 9.59 Å². The fourth-order valence-electron chi connectivity index (χ4n) is 2.14. The van der Waals surface area contributed by atoms with Gasteiger partial charge in [-0.15, -0.1) is 0 Å². The Labute approximate surface area is 106 Å². The maximum absolute atomic E-state index is 11.8. The Hall–Kier alpha value is -2.10. The predicted octanol–water partition coefficient (Wildman–Crippen LogP) is 1.60. The molecular formula is C14H15NO3. The average Bonchev–Trinajstić information content (AvgIpc) is 2.57. The lowest BCUT2D eigenvalue weighted by Crippen LogP contribution is -2.29. The molecule has 0 fully saturated rings. The number of carboxylic acid groups (broad SMARTS) is 1. The first kappa shape index (κ1) is 12.4. The van der Waals surface area contributed by atoms with Crippen molar-refractivity contribution in [2.45, 2.75) is 19.4 Å². The van der Waals surface area contributed by atoms with E-state index in [-0.39, 0.29) is 5.91 Å². The number of nitrogens with zero attached hydrogens (tertiary/aromatic N) is 1. The molecule has 1 aliphatic rings. The van der Waals surface area contributed by atoms with E-state index >= 15 is 0 Å². The molecule has 0 aliphatic carbocycles. The lowest BCUT2D eigenvalue weighted by molar-refractivity contribution is -0.132. The molecule has 1 aromatic carbocycles. The van der Waals surface area contributed by atoms with Crippen molar-refractivity contribution in [3.8, 4) is 0 Å². The van der Waals surface area contributed by atoms with Gasteiger partial charge in [-0.1, -0.05) is 24.3 Å². The van der Waals surface area contributed by atoms with Crippen LogP contribution in [0.1, 0.15) is 17.5 Å². The largest absolute Gasteiger partial charge is 0.478 e. The summed E-state index contributed by atoms with van der Waals surface area (Å²) in [6, 6.07) is 8.05. The molecule has 0 radical (unpaired) electrons. The number of aliphatic carboxylic acids is 1. The molecule has 4 heteroatoms. The Kier molecular flexibility index (Phi) is 3.77. The average molecular weight is 245 g/mol. The van der Waals surface area contributed by atoms with Crippen LogP contribution in [0, 0.1) is 0 Å². The third-order valence-corrected chi connectivity index (χ3v) is 3.03. The van der Waals surface area contributed by atoms with Crippen LogP contribution < -0.4 is 0 Å². The van der Waals surface area contributed by atoms with Crippen LogP contribution in [-0.4, -0.2) is 28.4 Å². The highest BCUT2D eigenvalue weighted by atomic mass is 16.4. The molecule has 0 saturated carbocycles. The van der Waals surface area contributed by atoms with E-state index in [1.807, 2.05) is 18.2 Å². The predicted molar refractivity (Wildman–Crippen MR) is 67.0 cm³/mol. The van der Waals surface area contributed by atoms with Crippen molar-refractivity contribution in [2.24, 2.45) is 0 Å². The monoisotopic (exact) mass is 245 g/mol. The van der Waals surface area contributed by atoms with E-state index < -0.39 is 5.97 Å². The van der Waals surface area contributed by atoms with Crippen molar-refractivity contribution >= 4 is 11.9 Å². The van der Waals surface area contributed by atoms with E-state index in [0.29, 0.717) is 13.1 Å². The second-order valence-electron chi connectivity index (χ2n) is 4.30. The summed E-state index contributed by atoms with van der Waals surface area (Å²) in [4.78, 5) is 23.9. The van der Waals surface area contributed by atoms with Crippen LogP contribution in [-0.2, 0) is 22.6 Å².